The van der Waals surface area contributed by atoms with E-state index >= 15 is 0 Å². The van der Waals surface area contributed by atoms with E-state index in [9.17, 15) is 92.1 Å². The monoisotopic (exact) mass is 1260 g/mol. The smallest absolute Gasteiger partial charge is 0.387 e. The minimum absolute atomic E-state index is 0.199. The van der Waals surface area contributed by atoms with Crippen molar-refractivity contribution in [2.24, 2.45) is 0 Å². The van der Waals surface area contributed by atoms with Crippen LogP contribution in [0.3, 0.4) is 0 Å². The number of hydrogen-bond acceptors (Lipinski definition) is 31. The molecular formula is C37H47N12O30P4+. The number of aromatic amines is 3. The zero-order valence-electron chi connectivity index (χ0n) is 41.3. The van der Waals surface area contributed by atoms with Crippen molar-refractivity contribution in [3.05, 3.63) is 106 Å². The minimum atomic E-state index is -5.81. The summed E-state index contributed by atoms with van der Waals surface area (Å²) in [5.74, 6) is -0.674. The van der Waals surface area contributed by atoms with Crippen molar-refractivity contribution < 1.29 is 114 Å². The third kappa shape index (κ3) is 13.5. The summed E-state index contributed by atoms with van der Waals surface area (Å²) in [4.78, 5) is 134. The van der Waals surface area contributed by atoms with Crippen LogP contribution in [0.5, 0.6) is 0 Å². The first-order valence-electron chi connectivity index (χ1n) is 23.5. The molecule has 5 aromatic rings. The third-order valence-electron chi connectivity index (χ3n) is 12.7. The van der Waals surface area contributed by atoms with Crippen LogP contribution in [0.15, 0.2) is 71.9 Å². The van der Waals surface area contributed by atoms with Crippen molar-refractivity contribution in [1.29, 1.82) is 0 Å². The van der Waals surface area contributed by atoms with Gasteiger partial charge in [0.2, 0.25) is 5.95 Å². The third-order valence-corrected chi connectivity index (χ3v) is 16.0. The van der Waals surface area contributed by atoms with Crippen LogP contribution in [0.4, 0.5) is 11.8 Å². The molecule has 5 aromatic heterocycles. The number of nitrogens with two attached hydrogens (primary N) is 2. The second-order valence-electron chi connectivity index (χ2n) is 18.1. The van der Waals surface area contributed by atoms with Gasteiger partial charge in [0, 0.05) is 35.3 Å². The largest absolute Gasteiger partial charge is 0.694 e. The summed E-state index contributed by atoms with van der Waals surface area (Å²) < 4.78 is 114. The van der Waals surface area contributed by atoms with Gasteiger partial charge in [0.1, 0.15) is 85.7 Å². The predicted molar refractivity (Wildman–Crippen MR) is 262 cm³/mol. The molecule has 0 radical (unpaired) electrons. The number of H-pyrrole nitrogens is 3. The first-order chi connectivity index (χ1) is 39.0. The molecule has 4 unspecified atom stereocenters. The number of rotatable bonds is 22. The first-order valence-corrected chi connectivity index (χ1v) is 29.1. The fourth-order valence-corrected chi connectivity index (χ4v) is 12.1. The highest BCUT2D eigenvalue weighted by Gasteiger charge is 2.55. The second kappa shape index (κ2) is 24.3. The van der Waals surface area contributed by atoms with Gasteiger partial charge < -0.3 is 70.6 Å². The highest BCUT2D eigenvalue weighted by atomic mass is 31.2. The molecule has 0 spiro atoms. The quantitative estimate of drug-likeness (QED) is 0.0286. The van der Waals surface area contributed by atoms with Crippen molar-refractivity contribution in [1.82, 2.24) is 48.2 Å². The lowest BCUT2D eigenvalue weighted by molar-refractivity contribution is -0.0650. The number of fused-ring (bicyclic) bond motifs is 1. The normalized spacial score (nSPS) is 32.4. The molecule has 20 atom stereocenters. The average molecular weight is 1260 g/mol. The number of anilines is 2. The van der Waals surface area contributed by atoms with Gasteiger partial charge in [0.15, 0.2) is 36.1 Å². The van der Waals surface area contributed by atoms with Crippen molar-refractivity contribution in [2.45, 2.75) is 98.2 Å². The van der Waals surface area contributed by atoms with E-state index in [1.54, 1.807) is 0 Å². The molecule has 0 bridgehead atoms. The molecule has 4 aliphatic heterocycles. The number of imidazole rings is 1. The van der Waals surface area contributed by atoms with Crippen LogP contribution in [0.2, 0.25) is 0 Å². The summed E-state index contributed by atoms with van der Waals surface area (Å²) in [6, 6.07) is 2.80. The van der Waals surface area contributed by atoms with Gasteiger partial charge in [-0.1, -0.05) is 0 Å². The molecule has 83 heavy (non-hydrogen) atoms. The van der Waals surface area contributed by atoms with Gasteiger partial charge in [-0.15, -0.1) is 9.42 Å². The van der Waals surface area contributed by atoms with E-state index in [4.69, 9.17) is 57.6 Å². The Morgan fingerprint density at radius 2 is 0.988 bits per heavy atom. The van der Waals surface area contributed by atoms with Crippen molar-refractivity contribution in [3.8, 4) is 0 Å². The molecule has 4 saturated heterocycles. The SMILES string of the molecule is Nc1ccn([C@@H]2O[C@H](COP(=O)(O)O[C@H]3[C@@H](O)[C@H](n4ccc(=O)[nH]c4=O)O[C@@H]3COP(=O)(O)O[C@H]3[C@@H](O)[C@H](n4cnc5c(=O)[nH]c(N)nc54)O[C@@H]3COP(=O)(O)O[C@H]3[C@@H](O)[C@H](n4ccc(=O)[nH]c4=O)O[C@@H]3CO[P+](=O)O)[C@@H](O)[C@H]2O)c(=O)n1. The van der Waals surface area contributed by atoms with Gasteiger partial charge in [-0.05, 0) is 6.07 Å². The molecule has 0 aliphatic carbocycles. The number of hydrogen-bond donors (Lipinski definition) is 14. The number of phosphoric acid groups is 3. The molecule has 4 fully saturated rings. The maximum Gasteiger partial charge on any atom is 0.694 e. The summed E-state index contributed by atoms with van der Waals surface area (Å²) in [6.45, 7) is -4.67. The number of nitrogens with zero attached hydrogens (tertiary/aromatic N) is 7. The van der Waals surface area contributed by atoms with Crippen LogP contribution in [-0.2, 0) is 68.9 Å². The van der Waals surface area contributed by atoms with Gasteiger partial charge in [-0.25, -0.2) is 33.1 Å². The van der Waals surface area contributed by atoms with E-state index < -0.39 is 202 Å². The van der Waals surface area contributed by atoms with E-state index in [0.29, 0.717) is 9.13 Å². The highest BCUT2D eigenvalue weighted by molar-refractivity contribution is 7.48. The van der Waals surface area contributed by atoms with Gasteiger partial charge in [-0.3, -0.25) is 74.7 Å². The fourth-order valence-electron chi connectivity index (χ4n) is 8.93. The van der Waals surface area contributed by atoms with Crippen LogP contribution in [-0.4, -0.2) is 193 Å². The highest BCUT2D eigenvalue weighted by Crippen LogP contribution is 2.54. The fraction of sp³-hybridized carbons (Fsp3) is 0.541. The summed E-state index contributed by atoms with van der Waals surface area (Å²) in [6.07, 6.45) is -28.1. The standard InChI is InChI=1S/C37H46N12O30P4/c38-16-1-4-46(35(58)41-16)30-21(53)20(52)12(73-30)8-70-81(63,64)78-26-14(75-32(23(26)55)48-6-3-18(51)43-37(48)60)9-71-83(67,68)79-27-15(76-33(24(27)56)49-11-40-19-28(49)44-34(39)45-29(19)57)10-72-82(65,66)77-25-13(7-69-80(61)62)74-31(22(25)54)47-5-2-17(50)42-36(47)59/h1-6,11-15,20-27,30-33,52-56H,7-10H2,(H10-,38,39,41,42,43,44,45,50,51,57,58,59,60,61,62,63,64,65,66,67,68)/p+1/t12-,13-,14-,15-,20-,21-,22-,23-,24-,25-,26-,27-,30-,31-,32-,33-/m1/s1. The summed E-state index contributed by atoms with van der Waals surface area (Å²) >= 11 is 0. The Morgan fingerprint density at radius 1 is 0.566 bits per heavy atom. The van der Waals surface area contributed by atoms with Gasteiger partial charge in [0.05, 0.1) is 26.1 Å². The van der Waals surface area contributed by atoms with E-state index in [2.05, 4.69) is 24.5 Å². The molecule has 0 aromatic carbocycles. The topological polar surface area (TPSA) is 612 Å². The predicted octanol–water partition coefficient (Wildman–Crippen LogP) is -6.79. The number of nitrogens with one attached hydrogen (secondary N) is 3. The van der Waals surface area contributed by atoms with Crippen LogP contribution < -0.4 is 45.2 Å². The maximum absolute atomic E-state index is 14.0. The zero-order valence-corrected chi connectivity index (χ0v) is 44.9. The minimum Gasteiger partial charge on any atom is -0.387 e. The second-order valence-corrected chi connectivity index (χ2v) is 23.1. The van der Waals surface area contributed by atoms with Crippen LogP contribution in [0.25, 0.3) is 11.2 Å². The number of aliphatic hydroxyl groups excluding tert-OH is 5. The van der Waals surface area contributed by atoms with E-state index in [1.807, 2.05) is 9.97 Å². The molecule has 16 N–H and O–H groups in total. The molecule has 9 heterocycles. The van der Waals surface area contributed by atoms with Crippen LogP contribution in [0, 0.1) is 0 Å². The van der Waals surface area contributed by atoms with E-state index in [1.165, 1.54) is 0 Å². The molecule has 0 amide bonds. The summed E-state index contributed by atoms with van der Waals surface area (Å²) in [5.41, 5.74) is 4.38. The molecule has 454 valence electrons. The lowest BCUT2D eigenvalue weighted by atomic mass is 10.1. The molecular weight excluding hydrogens is 1220 g/mol. The Hall–Kier alpha value is -5.82. The average Bonchev–Trinajstić information content (AvgIpc) is 2.74. The van der Waals surface area contributed by atoms with Crippen molar-refractivity contribution >= 4 is 54.7 Å². The number of aromatic nitrogens is 10. The van der Waals surface area contributed by atoms with E-state index in [-0.39, 0.29) is 11.5 Å². The van der Waals surface area contributed by atoms with Crippen LogP contribution >= 0.6 is 31.7 Å². The first kappa shape index (κ1) is 61.7. The number of ether oxygens (including phenoxy) is 4. The van der Waals surface area contributed by atoms with Crippen molar-refractivity contribution in [3.63, 3.8) is 0 Å². The molecule has 42 nitrogen and oxygen atoms in total. The maximum atomic E-state index is 14.0. The van der Waals surface area contributed by atoms with Crippen LogP contribution in [0.1, 0.15) is 24.9 Å². The van der Waals surface area contributed by atoms with E-state index in [0.717, 1.165) is 52.3 Å². The lowest BCUT2D eigenvalue weighted by Crippen LogP contribution is -2.39. The molecule has 9 rings (SSSR count). The summed E-state index contributed by atoms with van der Waals surface area (Å²) in [7, 11) is -20.4. The zero-order chi connectivity index (χ0) is 60.2. The van der Waals surface area contributed by atoms with Gasteiger partial charge >= 0.3 is 48.8 Å². The van der Waals surface area contributed by atoms with Crippen molar-refractivity contribution in [2.75, 3.05) is 37.9 Å². The Labute approximate surface area is 457 Å². The molecule has 0 saturated carbocycles. The lowest BCUT2D eigenvalue weighted by Gasteiger charge is -2.26. The molecule has 4 aliphatic rings. The Kier molecular flexibility index (Phi) is 18.1. The van der Waals surface area contributed by atoms with Gasteiger partial charge in [-0.2, -0.15) is 9.97 Å². The number of nitrogen functional groups attached to an aromatic ring is 2. The molecule has 46 heteroatoms. The van der Waals surface area contributed by atoms with Gasteiger partial charge in [0.25, 0.3) is 16.7 Å². The Morgan fingerprint density at radius 3 is 1.45 bits per heavy atom. The summed E-state index contributed by atoms with van der Waals surface area (Å²) in [5, 5.41) is 55.7. The number of aliphatic hydroxyl groups is 5. The Balaban J connectivity index is 0.936. The number of phosphoric ester groups is 3. The Bertz CT molecular complexity index is 3760.